The van der Waals surface area contributed by atoms with E-state index < -0.39 is 0 Å². The summed E-state index contributed by atoms with van der Waals surface area (Å²) in [6, 6.07) is 15.2. The molecule has 3 unspecified atom stereocenters. The summed E-state index contributed by atoms with van der Waals surface area (Å²) in [5.74, 6) is 0.597. The Hall–Kier alpha value is -2.71. The van der Waals surface area contributed by atoms with E-state index in [9.17, 15) is 10.1 Å². The van der Waals surface area contributed by atoms with Crippen molar-refractivity contribution in [2.45, 2.75) is 64.6 Å². The molecule has 0 bridgehead atoms. The van der Waals surface area contributed by atoms with E-state index in [1.165, 1.54) is 10.1 Å². The van der Waals surface area contributed by atoms with E-state index in [1.807, 2.05) is 0 Å². The van der Waals surface area contributed by atoms with Crippen molar-refractivity contribution >= 4 is 45.4 Å². The molecule has 3 heterocycles. The lowest BCUT2D eigenvalue weighted by Crippen LogP contribution is -2.59. The van der Waals surface area contributed by atoms with Crippen LogP contribution in [-0.2, 0) is 7.05 Å². The van der Waals surface area contributed by atoms with Gasteiger partial charge in [0, 0.05) is 44.0 Å². The van der Waals surface area contributed by atoms with Crippen molar-refractivity contribution in [3.63, 3.8) is 0 Å². The molecule has 190 valence electrons. The second-order valence-electron chi connectivity index (χ2n) is 9.45. The minimum absolute atomic E-state index is 0.179. The van der Waals surface area contributed by atoms with Crippen LogP contribution in [-0.4, -0.2) is 44.6 Å². The molecule has 2 aromatic heterocycles. The molecule has 36 heavy (non-hydrogen) atoms. The van der Waals surface area contributed by atoms with E-state index in [4.69, 9.17) is 0 Å². The van der Waals surface area contributed by atoms with Crippen LogP contribution in [0, 0.1) is 11.3 Å². The molecule has 1 aromatic carbocycles. The lowest BCUT2D eigenvalue weighted by molar-refractivity contribution is 0.0866. The lowest BCUT2D eigenvalue weighted by atomic mass is 9.93. The molecule has 1 saturated heterocycles. The van der Waals surface area contributed by atoms with Gasteiger partial charge in [0.1, 0.15) is 17.3 Å². The minimum Gasteiger partial charge on any atom is -0.349 e. The molecule has 9 heteroatoms. The Kier molecular flexibility index (Phi) is 8.46. The molecular formula is C27H34IN7O. The predicted molar refractivity (Wildman–Crippen MR) is 153 cm³/mol. The summed E-state index contributed by atoms with van der Waals surface area (Å²) in [4.78, 5) is 26.8. The van der Waals surface area contributed by atoms with E-state index >= 15 is 0 Å². The molecule has 3 atom stereocenters. The number of fused-ring (bicyclic) bond motifs is 1. The average molecular weight is 600 g/mol. The van der Waals surface area contributed by atoms with Gasteiger partial charge in [-0.05, 0) is 49.1 Å². The maximum absolute atomic E-state index is 12.8. The van der Waals surface area contributed by atoms with E-state index in [0.717, 1.165) is 44.5 Å². The number of hydrogen-bond donors (Lipinski definition) is 1. The quantitative estimate of drug-likeness (QED) is 0.282. The van der Waals surface area contributed by atoms with Crippen LogP contribution in [0.25, 0.3) is 11.0 Å². The number of nitrogens with one attached hydrogen (secondary N) is 1. The van der Waals surface area contributed by atoms with Gasteiger partial charge in [0.05, 0.1) is 28.4 Å². The van der Waals surface area contributed by atoms with Crippen LogP contribution < -0.4 is 14.1 Å². The number of nitrogens with zero attached hydrogens (tertiary/aromatic N) is 6. The van der Waals surface area contributed by atoms with Gasteiger partial charge in [-0.25, -0.2) is 9.78 Å². The van der Waals surface area contributed by atoms with Crippen LogP contribution in [0.5, 0.6) is 0 Å². The Labute approximate surface area is 226 Å². The van der Waals surface area contributed by atoms with Gasteiger partial charge >= 0.3 is 5.69 Å². The third-order valence-electron chi connectivity index (χ3n) is 7.37. The fraction of sp³-hybridized carbons (Fsp3) is 0.481. The third-order valence-corrected chi connectivity index (χ3v) is 7.99. The summed E-state index contributed by atoms with van der Waals surface area (Å²) >= 11 is 2.16. The number of aromatic nitrogens is 3. The second kappa shape index (κ2) is 11.6. The Bertz CT molecular complexity index is 1300. The summed E-state index contributed by atoms with van der Waals surface area (Å²) in [6.07, 6.45) is 4.09. The van der Waals surface area contributed by atoms with Crippen molar-refractivity contribution < 1.29 is 0 Å². The smallest absolute Gasteiger partial charge is 0.349 e. The van der Waals surface area contributed by atoms with Crippen molar-refractivity contribution in [1.82, 2.24) is 19.4 Å². The molecule has 4 rings (SSSR count). The molecule has 0 spiro atoms. The second-order valence-corrected chi connectivity index (χ2v) is 9.99. The Morgan fingerprint density at radius 3 is 2.42 bits per heavy atom. The Balaban J connectivity index is 1.75. The number of pyridine rings is 1. The minimum atomic E-state index is -0.304. The topological polar surface area (TPSA) is 90.1 Å². The predicted octanol–water partition coefficient (Wildman–Crippen LogP) is 5.18. The highest BCUT2D eigenvalue weighted by atomic mass is 127. The maximum Gasteiger partial charge on any atom is 0.349 e. The molecular weight excluding hydrogens is 565 g/mol. The molecule has 1 N–H and O–H groups in total. The van der Waals surface area contributed by atoms with E-state index in [-0.39, 0.29) is 11.7 Å². The van der Waals surface area contributed by atoms with Crippen LogP contribution in [0.3, 0.4) is 0 Å². The highest BCUT2D eigenvalue weighted by molar-refractivity contribution is 14.1. The maximum atomic E-state index is 12.8. The summed E-state index contributed by atoms with van der Waals surface area (Å²) in [5.41, 5.74) is 3.78. The summed E-state index contributed by atoms with van der Waals surface area (Å²) < 4.78 is 4.69. The van der Waals surface area contributed by atoms with Crippen LogP contribution >= 0.6 is 22.9 Å². The largest absolute Gasteiger partial charge is 0.349 e. The van der Waals surface area contributed by atoms with Crippen LogP contribution in [0.1, 0.15) is 63.8 Å². The average Bonchev–Trinajstić information content (AvgIpc) is 2.92. The fourth-order valence-electron chi connectivity index (χ4n) is 5.36. The van der Waals surface area contributed by atoms with E-state index in [1.54, 1.807) is 19.2 Å². The normalized spacial score (nSPS) is 19.3. The first-order valence-electron chi connectivity index (χ1n) is 12.7. The van der Waals surface area contributed by atoms with E-state index in [2.05, 4.69) is 97.3 Å². The summed E-state index contributed by atoms with van der Waals surface area (Å²) in [6.45, 7) is 8.31. The number of anilines is 2. The molecule has 8 nitrogen and oxygen atoms in total. The summed E-state index contributed by atoms with van der Waals surface area (Å²) in [5, 5.41) is 9.46. The molecule has 0 saturated carbocycles. The zero-order chi connectivity index (χ0) is 25.8. The van der Waals surface area contributed by atoms with E-state index in [0.29, 0.717) is 34.6 Å². The van der Waals surface area contributed by atoms with Gasteiger partial charge in [0.25, 0.3) is 0 Å². The molecule has 0 radical (unpaired) electrons. The van der Waals surface area contributed by atoms with Gasteiger partial charge in [-0.2, -0.15) is 10.2 Å². The van der Waals surface area contributed by atoms with Crippen molar-refractivity contribution in [2.75, 3.05) is 21.5 Å². The van der Waals surface area contributed by atoms with Crippen LogP contribution in [0.4, 0.5) is 11.5 Å². The highest BCUT2D eigenvalue weighted by Crippen LogP contribution is 2.36. The third kappa shape index (κ3) is 5.06. The highest BCUT2D eigenvalue weighted by Gasteiger charge is 2.37. The van der Waals surface area contributed by atoms with Gasteiger partial charge < -0.3 is 8.43 Å². The van der Waals surface area contributed by atoms with Crippen LogP contribution in [0.15, 0.2) is 41.2 Å². The number of benzene rings is 1. The monoisotopic (exact) mass is 599 g/mol. The fourth-order valence-corrected chi connectivity index (χ4v) is 5.72. The first-order chi connectivity index (χ1) is 17.4. The number of aryl methyl sites for hydroxylation is 1. The van der Waals surface area contributed by atoms with Crippen molar-refractivity contribution in [3.8, 4) is 6.07 Å². The SMILES string of the molecule is CCCC(c1ccc(NI)cc1)N1CC(CC)N(c2nc(=O)n(C)c3ccc(C#N)nc23)CC1CC. The standard InChI is InChI=1S/C27H34IN7O/c1-5-8-23(18-9-11-19(32-28)12-10-18)34-16-22(7-3)35(17-21(34)6-2)26-25-24(33(4)27(36)31-26)14-13-20(15-29)30-25/h9-14,21-23,32H,5-8,16-17H2,1-4H3. The van der Waals surface area contributed by atoms with Crippen LogP contribution in [0.2, 0.25) is 0 Å². The molecule has 1 aliphatic rings. The number of rotatable bonds is 8. The first kappa shape index (κ1) is 26.4. The zero-order valence-electron chi connectivity index (χ0n) is 21.4. The number of piperazine rings is 1. The van der Waals surface area contributed by atoms with Crippen molar-refractivity contribution in [1.29, 1.82) is 5.26 Å². The molecule has 1 aliphatic heterocycles. The Morgan fingerprint density at radius 1 is 1.08 bits per heavy atom. The molecule has 0 amide bonds. The number of halogens is 1. The van der Waals surface area contributed by atoms with Gasteiger partial charge in [-0.15, -0.1) is 0 Å². The van der Waals surface area contributed by atoms with Gasteiger partial charge in [0.15, 0.2) is 5.82 Å². The summed E-state index contributed by atoms with van der Waals surface area (Å²) in [7, 11) is 1.70. The lowest BCUT2D eigenvalue weighted by Gasteiger charge is -2.50. The molecule has 1 fully saturated rings. The molecule has 3 aromatic rings. The van der Waals surface area contributed by atoms with Gasteiger partial charge in [-0.3, -0.25) is 9.47 Å². The number of nitriles is 1. The van der Waals surface area contributed by atoms with Gasteiger partial charge in [-0.1, -0.05) is 39.3 Å². The Morgan fingerprint density at radius 2 is 1.81 bits per heavy atom. The first-order valence-corrected chi connectivity index (χ1v) is 13.8. The molecule has 0 aliphatic carbocycles. The van der Waals surface area contributed by atoms with Crippen molar-refractivity contribution in [2.24, 2.45) is 7.05 Å². The van der Waals surface area contributed by atoms with Crippen molar-refractivity contribution in [3.05, 3.63) is 58.1 Å². The zero-order valence-corrected chi connectivity index (χ0v) is 23.6. The van der Waals surface area contributed by atoms with Gasteiger partial charge in [0.2, 0.25) is 0 Å². The number of hydrogen-bond acceptors (Lipinski definition) is 7.